The van der Waals surface area contributed by atoms with Gasteiger partial charge in [0.15, 0.2) is 0 Å². The number of rotatable bonds is 5. The van der Waals surface area contributed by atoms with Gasteiger partial charge in [0.25, 0.3) is 0 Å². The molecule has 1 saturated heterocycles. The molecule has 0 saturated carbocycles. The highest BCUT2D eigenvalue weighted by Gasteiger charge is 2.39. The second-order valence-electron chi connectivity index (χ2n) is 5.24. The summed E-state index contributed by atoms with van der Waals surface area (Å²) in [7, 11) is 1.64. The molecule has 1 amide bonds. The van der Waals surface area contributed by atoms with E-state index in [2.05, 4.69) is 10.6 Å². The van der Waals surface area contributed by atoms with Crippen LogP contribution in [0.2, 0.25) is 5.02 Å². The quantitative estimate of drug-likeness (QED) is 0.873. The fourth-order valence-corrected chi connectivity index (χ4v) is 2.83. The number of halogens is 1. The molecule has 1 fully saturated rings. The topological polar surface area (TPSA) is 50.4 Å². The molecule has 0 bridgehead atoms. The van der Waals surface area contributed by atoms with Crippen molar-refractivity contribution < 1.29 is 9.53 Å². The lowest BCUT2D eigenvalue weighted by atomic mass is 9.78. The summed E-state index contributed by atoms with van der Waals surface area (Å²) in [6, 6.07) is 7.56. The van der Waals surface area contributed by atoms with Crippen LogP contribution in [0.5, 0.6) is 0 Å². The van der Waals surface area contributed by atoms with Crippen molar-refractivity contribution in [2.75, 3.05) is 26.8 Å². The first-order valence-corrected chi connectivity index (χ1v) is 7.27. The zero-order valence-corrected chi connectivity index (χ0v) is 12.5. The zero-order valence-electron chi connectivity index (χ0n) is 11.7. The van der Waals surface area contributed by atoms with Crippen molar-refractivity contribution in [3.63, 3.8) is 0 Å². The first-order valence-electron chi connectivity index (χ1n) is 6.89. The molecule has 1 aromatic carbocycles. The molecule has 4 nitrogen and oxygen atoms in total. The fraction of sp³-hybridized carbons (Fsp3) is 0.533. The van der Waals surface area contributed by atoms with E-state index in [4.69, 9.17) is 16.3 Å². The third-order valence-corrected chi connectivity index (χ3v) is 4.23. The Bertz CT molecular complexity index is 453. The summed E-state index contributed by atoms with van der Waals surface area (Å²) in [6.45, 7) is 2.62. The van der Waals surface area contributed by atoms with Crippen LogP contribution in [0, 0.1) is 5.41 Å². The number of carbonyl (C=O) groups is 1. The number of hydrogen-bond acceptors (Lipinski definition) is 3. The van der Waals surface area contributed by atoms with Gasteiger partial charge in [0.1, 0.15) is 0 Å². The number of piperidine rings is 1. The average Bonchev–Trinajstić information content (AvgIpc) is 2.47. The number of amides is 1. The van der Waals surface area contributed by atoms with Gasteiger partial charge in [-0.1, -0.05) is 29.8 Å². The average molecular weight is 297 g/mol. The van der Waals surface area contributed by atoms with Crippen molar-refractivity contribution in [3.05, 3.63) is 34.9 Å². The van der Waals surface area contributed by atoms with Crippen molar-refractivity contribution >= 4 is 17.5 Å². The van der Waals surface area contributed by atoms with Crippen LogP contribution in [0.15, 0.2) is 24.3 Å². The number of methoxy groups -OCH3 is 1. The van der Waals surface area contributed by atoms with Gasteiger partial charge in [0.05, 0.1) is 12.0 Å². The summed E-state index contributed by atoms with van der Waals surface area (Å²) >= 11 is 6.10. The van der Waals surface area contributed by atoms with E-state index in [9.17, 15) is 4.79 Å². The Morgan fingerprint density at radius 3 is 2.75 bits per heavy atom. The molecule has 0 aromatic heterocycles. The highest BCUT2D eigenvalue weighted by atomic mass is 35.5. The summed E-state index contributed by atoms with van der Waals surface area (Å²) in [5.74, 6) is 0.0563. The first kappa shape index (κ1) is 15.3. The second kappa shape index (κ2) is 7.07. The molecule has 0 spiro atoms. The first-order chi connectivity index (χ1) is 9.68. The van der Waals surface area contributed by atoms with Crippen LogP contribution in [-0.2, 0) is 16.1 Å². The minimum Gasteiger partial charge on any atom is -0.384 e. The number of benzene rings is 1. The van der Waals surface area contributed by atoms with Crippen molar-refractivity contribution in [1.29, 1.82) is 0 Å². The third kappa shape index (κ3) is 3.51. The Kier molecular flexibility index (Phi) is 5.40. The van der Waals surface area contributed by atoms with Gasteiger partial charge in [0.2, 0.25) is 5.91 Å². The maximum absolute atomic E-state index is 12.5. The van der Waals surface area contributed by atoms with E-state index in [0.29, 0.717) is 18.2 Å². The highest BCUT2D eigenvalue weighted by molar-refractivity contribution is 6.31. The van der Waals surface area contributed by atoms with Crippen LogP contribution < -0.4 is 10.6 Å². The van der Waals surface area contributed by atoms with Gasteiger partial charge in [-0.2, -0.15) is 0 Å². The molecule has 0 radical (unpaired) electrons. The third-order valence-electron chi connectivity index (χ3n) is 3.86. The largest absolute Gasteiger partial charge is 0.384 e. The lowest BCUT2D eigenvalue weighted by Gasteiger charge is -2.35. The van der Waals surface area contributed by atoms with Crippen molar-refractivity contribution in [2.24, 2.45) is 5.41 Å². The molecule has 2 rings (SSSR count). The Balaban J connectivity index is 2.00. The van der Waals surface area contributed by atoms with Gasteiger partial charge in [0, 0.05) is 18.7 Å². The van der Waals surface area contributed by atoms with E-state index in [0.717, 1.165) is 31.5 Å². The number of carbonyl (C=O) groups excluding carboxylic acids is 1. The summed E-state index contributed by atoms with van der Waals surface area (Å²) in [5, 5.41) is 6.96. The van der Waals surface area contributed by atoms with Gasteiger partial charge in [-0.05, 0) is 37.6 Å². The van der Waals surface area contributed by atoms with Gasteiger partial charge in [-0.15, -0.1) is 0 Å². The van der Waals surface area contributed by atoms with Crippen LogP contribution in [0.3, 0.4) is 0 Å². The van der Waals surface area contributed by atoms with Crippen molar-refractivity contribution in [1.82, 2.24) is 10.6 Å². The van der Waals surface area contributed by atoms with Gasteiger partial charge in [-0.3, -0.25) is 4.79 Å². The van der Waals surface area contributed by atoms with Gasteiger partial charge < -0.3 is 15.4 Å². The molecular weight excluding hydrogens is 276 g/mol. The molecule has 1 aliphatic heterocycles. The molecule has 0 unspecified atom stereocenters. The van der Waals surface area contributed by atoms with E-state index in [1.807, 2.05) is 24.3 Å². The van der Waals surface area contributed by atoms with E-state index in [1.54, 1.807) is 7.11 Å². The number of ether oxygens (including phenoxy) is 1. The Morgan fingerprint density at radius 2 is 2.10 bits per heavy atom. The Morgan fingerprint density at radius 1 is 1.40 bits per heavy atom. The Hall–Kier alpha value is -1.10. The molecule has 1 aromatic rings. The monoisotopic (exact) mass is 296 g/mol. The maximum Gasteiger partial charge on any atom is 0.228 e. The normalized spacial score (nSPS) is 17.7. The van der Waals surface area contributed by atoms with E-state index >= 15 is 0 Å². The van der Waals surface area contributed by atoms with Gasteiger partial charge >= 0.3 is 0 Å². The minimum absolute atomic E-state index is 0.0563. The summed E-state index contributed by atoms with van der Waals surface area (Å²) in [4.78, 5) is 12.5. The molecule has 20 heavy (non-hydrogen) atoms. The standard InChI is InChI=1S/C15H21ClN2O2/c1-20-11-15(6-8-17-9-7-15)14(19)18-10-12-4-2-3-5-13(12)16/h2-5,17H,6-11H2,1H3,(H,18,19). The summed E-state index contributed by atoms with van der Waals surface area (Å²) < 4.78 is 5.27. The van der Waals surface area contributed by atoms with Crippen molar-refractivity contribution in [3.8, 4) is 0 Å². The zero-order chi connectivity index (χ0) is 14.4. The van der Waals surface area contributed by atoms with Crippen molar-refractivity contribution in [2.45, 2.75) is 19.4 Å². The van der Waals surface area contributed by atoms with Crippen LogP contribution in [-0.4, -0.2) is 32.7 Å². The van der Waals surface area contributed by atoms with Crippen LogP contribution >= 0.6 is 11.6 Å². The van der Waals surface area contributed by atoms with Crippen LogP contribution in [0.25, 0.3) is 0 Å². The molecule has 0 atom stereocenters. The van der Waals surface area contributed by atoms with E-state index < -0.39 is 5.41 Å². The smallest absolute Gasteiger partial charge is 0.228 e. The molecule has 0 aliphatic carbocycles. The molecule has 2 N–H and O–H groups in total. The van der Waals surface area contributed by atoms with E-state index in [1.165, 1.54) is 0 Å². The van der Waals surface area contributed by atoms with Gasteiger partial charge in [-0.25, -0.2) is 0 Å². The van der Waals surface area contributed by atoms with Crippen LogP contribution in [0.1, 0.15) is 18.4 Å². The lowest BCUT2D eigenvalue weighted by molar-refractivity contribution is -0.136. The lowest BCUT2D eigenvalue weighted by Crippen LogP contribution is -2.49. The molecule has 1 heterocycles. The van der Waals surface area contributed by atoms with E-state index in [-0.39, 0.29) is 5.91 Å². The SMILES string of the molecule is COCC1(C(=O)NCc2ccccc2Cl)CCNCC1. The summed E-state index contributed by atoms with van der Waals surface area (Å²) in [6.07, 6.45) is 1.60. The highest BCUT2D eigenvalue weighted by Crippen LogP contribution is 2.29. The maximum atomic E-state index is 12.5. The second-order valence-corrected chi connectivity index (χ2v) is 5.64. The fourth-order valence-electron chi connectivity index (χ4n) is 2.62. The number of hydrogen-bond donors (Lipinski definition) is 2. The Labute approximate surface area is 124 Å². The molecule has 1 aliphatic rings. The molecular formula is C15H21ClN2O2. The number of nitrogens with one attached hydrogen (secondary N) is 2. The van der Waals surface area contributed by atoms with Crippen LogP contribution in [0.4, 0.5) is 0 Å². The summed E-state index contributed by atoms with van der Waals surface area (Å²) in [5.41, 5.74) is 0.519. The predicted octanol–water partition coefficient (Wildman–Crippen LogP) is 1.97. The predicted molar refractivity (Wildman–Crippen MR) is 79.7 cm³/mol. The minimum atomic E-state index is -0.415. The molecule has 5 heteroatoms. The molecule has 110 valence electrons.